The largest absolute Gasteiger partial charge is 0.327 e. The van der Waals surface area contributed by atoms with Crippen molar-refractivity contribution in [2.75, 3.05) is 5.32 Å². The van der Waals surface area contributed by atoms with Crippen LogP contribution >= 0.6 is 34.2 Å². The van der Waals surface area contributed by atoms with E-state index < -0.39 is 0 Å². The summed E-state index contributed by atoms with van der Waals surface area (Å²) in [5.74, 6) is -0.0346. The molecule has 0 saturated heterocycles. The molecule has 1 aliphatic rings. The summed E-state index contributed by atoms with van der Waals surface area (Å²) in [5.41, 5.74) is 6.82. The molecule has 1 amide bonds. The average Bonchev–Trinajstić information content (AvgIpc) is 2.33. The predicted molar refractivity (Wildman–Crippen MR) is 82.7 cm³/mol. The highest BCUT2D eigenvalue weighted by Crippen LogP contribution is 2.26. The van der Waals surface area contributed by atoms with Crippen molar-refractivity contribution in [1.29, 1.82) is 0 Å². The fourth-order valence-corrected chi connectivity index (χ4v) is 3.31. The second-order valence-electron chi connectivity index (χ2n) is 4.67. The number of benzene rings is 1. The van der Waals surface area contributed by atoms with Crippen LogP contribution in [0.15, 0.2) is 18.2 Å². The zero-order valence-electron chi connectivity index (χ0n) is 9.96. The van der Waals surface area contributed by atoms with Gasteiger partial charge in [-0.15, -0.1) is 0 Å². The summed E-state index contributed by atoms with van der Waals surface area (Å²) in [6, 6.07) is 5.43. The molecule has 0 radical (unpaired) electrons. The van der Waals surface area contributed by atoms with Gasteiger partial charge in [0.05, 0.1) is 11.6 Å². The summed E-state index contributed by atoms with van der Waals surface area (Å²) in [7, 11) is 0. The van der Waals surface area contributed by atoms with Crippen LogP contribution in [0.3, 0.4) is 0 Å². The van der Waals surface area contributed by atoms with Crippen LogP contribution in [0.1, 0.15) is 25.7 Å². The Morgan fingerprint density at radius 3 is 2.78 bits per heavy atom. The van der Waals surface area contributed by atoms with Crippen LogP contribution in [0.4, 0.5) is 5.69 Å². The van der Waals surface area contributed by atoms with E-state index in [0.717, 1.165) is 34.9 Å². The van der Waals surface area contributed by atoms with Crippen LogP contribution in [-0.2, 0) is 4.79 Å². The predicted octanol–water partition coefficient (Wildman–Crippen LogP) is 3.40. The molecule has 2 unspecified atom stereocenters. The summed E-state index contributed by atoms with van der Waals surface area (Å²) in [5, 5.41) is 3.63. The van der Waals surface area contributed by atoms with E-state index >= 15 is 0 Å². The Hall–Kier alpha value is -0.330. The molecule has 0 aliphatic heterocycles. The molecule has 0 spiro atoms. The molecule has 3 N–H and O–H groups in total. The van der Waals surface area contributed by atoms with Crippen molar-refractivity contribution in [1.82, 2.24) is 0 Å². The van der Waals surface area contributed by atoms with Gasteiger partial charge in [-0.25, -0.2) is 0 Å². The number of carbonyl (C=O) groups excluding carboxylic acids is 1. The molecular formula is C13H16ClIN2O. The molecule has 0 aromatic heterocycles. The lowest BCUT2D eigenvalue weighted by Crippen LogP contribution is -2.40. The molecule has 5 heteroatoms. The van der Waals surface area contributed by atoms with Gasteiger partial charge in [-0.3, -0.25) is 4.79 Å². The van der Waals surface area contributed by atoms with Crippen molar-refractivity contribution >= 4 is 45.8 Å². The zero-order chi connectivity index (χ0) is 13.1. The fraction of sp³-hybridized carbons (Fsp3) is 0.462. The van der Waals surface area contributed by atoms with Crippen molar-refractivity contribution in [3.05, 3.63) is 26.8 Å². The SMILES string of the molecule is NC1CCCCC1C(=O)Nc1ccc(Cl)cc1I. The number of hydrogen-bond donors (Lipinski definition) is 2. The lowest BCUT2D eigenvalue weighted by atomic mass is 9.84. The number of nitrogens with one attached hydrogen (secondary N) is 1. The Kier molecular flexibility index (Phi) is 4.86. The van der Waals surface area contributed by atoms with Gasteiger partial charge in [0.2, 0.25) is 5.91 Å². The summed E-state index contributed by atoms with van der Waals surface area (Å²) in [6.45, 7) is 0. The lowest BCUT2D eigenvalue weighted by Gasteiger charge is -2.27. The van der Waals surface area contributed by atoms with E-state index in [1.54, 1.807) is 6.07 Å². The molecule has 1 aromatic rings. The molecule has 0 bridgehead atoms. The monoisotopic (exact) mass is 378 g/mol. The summed E-state index contributed by atoms with van der Waals surface area (Å²) in [6.07, 6.45) is 4.04. The Morgan fingerprint density at radius 1 is 1.39 bits per heavy atom. The van der Waals surface area contributed by atoms with E-state index in [4.69, 9.17) is 17.3 Å². The third-order valence-electron chi connectivity index (χ3n) is 3.35. The Labute approximate surface area is 126 Å². The van der Waals surface area contributed by atoms with Gasteiger partial charge < -0.3 is 11.1 Å². The molecule has 1 aliphatic carbocycles. The second-order valence-corrected chi connectivity index (χ2v) is 6.27. The average molecular weight is 379 g/mol. The molecule has 18 heavy (non-hydrogen) atoms. The van der Waals surface area contributed by atoms with Crippen molar-refractivity contribution in [2.24, 2.45) is 11.7 Å². The summed E-state index contributed by atoms with van der Waals surface area (Å²) in [4.78, 5) is 12.2. The van der Waals surface area contributed by atoms with Gasteiger partial charge in [0.25, 0.3) is 0 Å². The van der Waals surface area contributed by atoms with E-state index in [2.05, 4.69) is 27.9 Å². The third-order valence-corrected chi connectivity index (χ3v) is 4.47. The van der Waals surface area contributed by atoms with Crippen LogP contribution in [0.25, 0.3) is 0 Å². The highest BCUT2D eigenvalue weighted by molar-refractivity contribution is 14.1. The first kappa shape index (κ1) is 14.1. The van der Waals surface area contributed by atoms with Crippen molar-refractivity contribution in [2.45, 2.75) is 31.7 Å². The van der Waals surface area contributed by atoms with Gasteiger partial charge in [-0.2, -0.15) is 0 Å². The van der Waals surface area contributed by atoms with Crippen molar-refractivity contribution in [3.63, 3.8) is 0 Å². The van der Waals surface area contributed by atoms with Gasteiger partial charge in [-0.1, -0.05) is 24.4 Å². The molecule has 98 valence electrons. The lowest BCUT2D eigenvalue weighted by molar-refractivity contribution is -0.121. The van der Waals surface area contributed by atoms with Crippen LogP contribution < -0.4 is 11.1 Å². The van der Waals surface area contributed by atoms with Gasteiger partial charge in [0, 0.05) is 14.6 Å². The fourth-order valence-electron chi connectivity index (χ4n) is 2.30. The van der Waals surface area contributed by atoms with Gasteiger partial charge in [-0.05, 0) is 53.6 Å². The van der Waals surface area contributed by atoms with Gasteiger partial charge in [0.1, 0.15) is 0 Å². The molecule has 3 nitrogen and oxygen atoms in total. The normalized spacial score (nSPS) is 23.7. The van der Waals surface area contributed by atoms with E-state index in [0.29, 0.717) is 5.02 Å². The standard InChI is InChI=1S/C13H16ClIN2O/c14-8-5-6-12(10(15)7-8)17-13(18)9-3-1-2-4-11(9)16/h5-7,9,11H,1-4,16H2,(H,17,18). The number of hydrogen-bond acceptors (Lipinski definition) is 2. The van der Waals surface area contributed by atoms with Crippen LogP contribution in [0.5, 0.6) is 0 Å². The molecule has 1 fully saturated rings. The van der Waals surface area contributed by atoms with Gasteiger partial charge in [0.15, 0.2) is 0 Å². The smallest absolute Gasteiger partial charge is 0.229 e. The van der Waals surface area contributed by atoms with Crippen LogP contribution in [0, 0.1) is 9.49 Å². The van der Waals surface area contributed by atoms with Crippen LogP contribution in [0.2, 0.25) is 5.02 Å². The van der Waals surface area contributed by atoms with Crippen LogP contribution in [-0.4, -0.2) is 11.9 Å². The van der Waals surface area contributed by atoms with E-state index in [1.807, 2.05) is 12.1 Å². The summed E-state index contributed by atoms with van der Waals surface area (Å²) >= 11 is 8.05. The number of carbonyl (C=O) groups is 1. The van der Waals surface area contributed by atoms with E-state index in [1.165, 1.54) is 0 Å². The molecule has 1 saturated carbocycles. The number of halogens is 2. The molecule has 2 rings (SSSR count). The minimum absolute atomic E-state index is 0.0105. The summed E-state index contributed by atoms with van der Waals surface area (Å²) < 4.78 is 0.942. The maximum atomic E-state index is 12.2. The molecule has 0 heterocycles. The minimum atomic E-state index is -0.0646. The molecular weight excluding hydrogens is 363 g/mol. The Balaban J connectivity index is 2.06. The number of amides is 1. The maximum absolute atomic E-state index is 12.2. The maximum Gasteiger partial charge on any atom is 0.229 e. The third kappa shape index (κ3) is 3.36. The highest BCUT2D eigenvalue weighted by atomic mass is 127. The molecule has 1 aromatic carbocycles. The Morgan fingerprint density at radius 2 is 2.11 bits per heavy atom. The number of rotatable bonds is 2. The zero-order valence-corrected chi connectivity index (χ0v) is 12.9. The van der Waals surface area contributed by atoms with Crippen molar-refractivity contribution in [3.8, 4) is 0 Å². The first-order chi connectivity index (χ1) is 8.58. The first-order valence-corrected chi connectivity index (χ1v) is 7.55. The van der Waals surface area contributed by atoms with E-state index in [9.17, 15) is 4.79 Å². The quantitative estimate of drug-likeness (QED) is 0.775. The topological polar surface area (TPSA) is 55.1 Å². The van der Waals surface area contributed by atoms with Crippen molar-refractivity contribution < 1.29 is 4.79 Å². The minimum Gasteiger partial charge on any atom is -0.327 e. The number of nitrogens with two attached hydrogens (primary N) is 1. The first-order valence-electron chi connectivity index (χ1n) is 6.09. The van der Waals surface area contributed by atoms with Gasteiger partial charge >= 0.3 is 0 Å². The molecule has 2 atom stereocenters. The highest BCUT2D eigenvalue weighted by Gasteiger charge is 2.28. The number of anilines is 1. The van der Waals surface area contributed by atoms with E-state index in [-0.39, 0.29) is 17.9 Å². The Bertz CT molecular complexity index is 453. The second kappa shape index (κ2) is 6.21.